The molecule has 2 unspecified atom stereocenters. The number of carbonyl (C=O) groups excluding carboxylic acids is 1. The molecule has 0 aromatic carbocycles. The van der Waals surface area contributed by atoms with Gasteiger partial charge in [0.25, 0.3) is 0 Å². The van der Waals surface area contributed by atoms with Crippen molar-refractivity contribution in [2.75, 3.05) is 6.61 Å². The van der Waals surface area contributed by atoms with Crippen LogP contribution in [-0.4, -0.2) is 63.1 Å². The fourth-order valence-electron chi connectivity index (χ4n) is 2.02. The molecule has 8 heteroatoms. The Kier molecular flexibility index (Phi) is 3.49. The molecule has 2 rings (SSSR count). The molecule has 0 bridgehead atoms. The molecule has 2 aliphatic rings. The highest BCUT2D eigenvalue weighted by atomic mass is 16.6. The molecule has 8 nitrogen and oxygen atoms in total. The summed E-state index contributed by atoms with van der Waals surface area (Å²) in [5, 5.41) is 31.4. The van der Waals surface area contributed by atoms with Gasteiger partial charge in [-0.05, 0) is 6.08 Å². The van der Waals surface area contributed by atoms with E-state index in [1.165, 1.54) is 12.3 Å². The van der Waals surface area contributed by atoms with Crippen molar-refractivity contribution in [2.24, 2.45) is 5.73 Å². The number of aliphatic hydroxyl groups excluding tert-OH is 3. The zero-order valence-corrected chi connectivity index (χ0v) is 9.93. The zero-order chi connectivity index (χ0) is 14.2. The molecule has 2 aliphatic heterocycles. The van der Waals surface area contributed by atoms with Crippen molar-refractivity contribution in [3.8, 4) is 12.3 Å². The standard InChI is InChI=1S/C11H15N3O5/c1-2-11(5-15)8(17)7(16)9(19-11)14-4-3-6(12)13-10(14)18/h1,3-4,6-9,15-17H,5,12H2,(H,13,18)/t6?,7-,8-,9?,11+/m0/s1. The van der Waals surface area contributed by atoms with Crippen molar-refractivity contribution in [1.29, 1.82) is 0 Å². The number of nitrogens with zero attached hydrogens (tertiary/aromatic N) is 1. The van der Waals surface area contributed by atoms with E-state index >= 15 is 0 Å². The van der Waals surface area contributed by atoms with Crippen molar-refractivity contribution >= 4 is 6.03 Å². The summed E-state index contributed by atoms with van der Waals surface area (Å²) in [4.78, 5) is 12.7. The van der Waals surface area contributed by atoms with E-state index in [2.05, 4.69) is 11.2 Å². The molecule has 0 radical (unpaired) electrons. The Bertz CT molecular complexity index is 448. The quantitative estimate of drug-likeness (QED) is 0.346. The van der Waals surface area contributed by atoms with Crippen LogP contribution in [0.15, 0.2) is 12.3 Å². The smallest absolute Gasteiger partial charge is 0.325 e. The fraction of sp³-hybridized carbons (Fsp3) is 0.545. The van der Waals surface area contributed by atoms with E-state index in [4.69, 9.17) is 16.9 Å². The Balaban J connectivity index is 2.26. The van der Waals surface area contributed by atoms with Crippen LogP contribution in [0.3, 0.4) is 0 Å². The van der Waals surface area contributed by atoms with Crippen LogP contribution in [0, 0.1) is 12.3 Å². The second kappa shape index (κ2) is 4.80. The van der Waals surface area contributed by atoms with Gasteiger partial charge < -0.3 is 31.1 Å². The second-order valence-electron chi connectivity index (χ2n) is 4.36. The van der Waals surface area contributed by atoms with Crippen molar-refractivity contribution < 1.29 is 24.9 Å². The summed E-state index contributed by atoms with van der Waals surface area (Å²) in [6.45, 7) is -0.684. The molecule has 104 valence electrons. The molecule has 0 aromatic heterocycles. The van der Waals surface area contributed by atoms with Gasteiger partial charge in [-0.25, -0.2) is 4.79 Å². The number of nitrogens with one attached hydrogen (secondary N) is 1. The normalized spacial score (nSPS) is 42.1. The number of hydrogen-bond donors (Lipinski definition) is 5. The van der Waals surface area contributed by atoms with Gasteiger partial charge in [0.05, 0.1) is 12.8 Å². The van der Waals surface area contributed by atoms with Gasteiger partial charge in [0.15, 0.2) is 11.8 Å². The minimum absolute atomic E-state index is 0.600. The summed E-state index contributed by atoms with van der Waals surface area (Å²) >= 11 is 0. The van der Waals surface area contributed by atoms with Crippen molar-refractivity contribution in [3.05, 3.63) is 12.3 Å². The van der Waals surface area contributed by atoms with Gasteiger partial charge >= 0.3 is 6.03 Å². The first-order valence-corrected chi connectivity index (χ1v) is 5.60. The average molecular weight is 269 g/mol. The van der Waals surface area contributed by atoms with Gasteiger partial charge in [0.2, 0.25) is 0 Å². The Morgan fingerprint density at radius 3 is 2.79 bits per heavy atom. The molecule has 6 N–H and O–H groups in total. The monoisotopic (exact) mass is 269 g/mol. The Morgan fingerprint density at radius 1 is 1.63 bits per heavy atom. The molecule has 1 fully saturated rings. The van der Waals surface area contributed by atoms with E-state index < -0.39 is 42.8 Å². The molecular weight excluding hydrogens is 254 g/mol. The lowest BCUT2D eigenvalue weighted by molar-refractivity contribution is -0.0996. The van der Waals surface area contributed by atoms with Crippen LogP contribution in [-0.2, 0) is 4.74 Å². The van der Waals surface area contributed by atoms with E-state index in [0.717, 1.165) is 4.90 Å². The number of ether oxygens (including phenoxy) is 1. The SMILES string of the molecule is C#C[C@]1(CO)OC(N2C=CC(N)NC2=O)[C@@H](O)[C@@H]1O. The fourth-order valence-corrected chi connectivity index (χ4v) is 2.02. The van der Waals surface area contributed by atoms with E-state index in [-0.39, 0.29) is 0 Å². The highest BCUT2D eigenvalue weighted by molar-refractivity contribution is 5.77. The van der Waals surface area contributed by atoms with Crippen LogP contribution in [0.4, 0.5) is 4.79 Å². The Morgan fingerprint density at radius 2 is 2.32 bits per heavy atom. The summed E-state index contributed by atoms with van der Waals surface area (Å²) in [7, 11) is 0. The average Bonchev–Trinajstić information content (AvgIpc) is 2.64. The second-order valence-corrected chi connectivity index (χ2v) is 4.36. The maximum Gasteiger partial charge on any atom is 0.325 e. The van der Waals surface area contributed by atoms with Crippen LogP contribution in [0.1, 0.15) is 0 Å². The minimum atomic E-state index is -1.74. The topological polar surface area (TPSA) is 128 Å². The molecule has 0 saturated carbocycles. The summed E-state index contributed by atoms with van der Waals surface area (Å²) in [6, 6.07) is -0.600. The van der Waals surface area contributed by atoms with E-state index in [1.54, 1.807) is 0 Å². The Labute approximate surface area is 109 Å². The number of nitrogens with two attached hydrogens (primary N) is 1. The maximum absolute atomic E-state index is 11.7. The minimum Gasteiger partial charge on any atom is -0.392 e. The van der Waals surface area contributed by atoms with Gasteiger partial charge in [-0.1, -0.05) is 5.92 Å². The molecule has 0 aliphatic carbocycles. The predicted octanol–water partition coefficient (Wildman–Crippen LogP) is -2.75. The maximum atomic E-state index is 11.7. The number of rotatable bonds is 2. The van der Waals surface area contributed by atoms with Crippen molar-refractivity contribution in [1.82, 2.24) is 10.2 Å². The van der Waals surface area contributed by atoms with Crippen LogP contribution < -0.4 is 11.1 Å². The van der Waals surface area contributed by atoms with Crippen molar-refractivity contribution in [3.63, 3.8) is 0 Å². The molecule has 2 amide bonds. The number of urea groups is 1. The third kappa shape index (κ3) is 2.07. The number of aliphatic hydroxyl groups is 3. The number of terminal acetylenes is 1. The molecule has 19 heavy (non-hydrogen) atoms. The molecule has 2 heterocycles. The zero-order valence-electron chi connectivity index (χ0n) is 9.93. The lowest BCUT2D eigenvalue weighted by Crippen LogP contribution is -2.55. The molecule has 0 spiro atoms. The molecule has 1 saturated heterocycles. The van der Waals surface area contributed by atoms with Crippen LogP contribution >= 0.6 is 0 Å². The molecule has 5 atom stereocenters. The predicted molar refractivity (Wildman–Crippen MR) is 63.0 cm³/mol. The first-order valence-electron chi connectivity index (χ1n) is 5.60. The lowest BCUT2D eigenvalue weighted by atomic mass is 9.97. The summed E-state index contributed by atoms with van der Waals surface area (Å²) in [5.74, 6) is 2.11. The highest BCUT2D eigenvalue weighted by Crippen LogP contribution is 2.33. The van der Waals surface area contributed by atoms with Gasteiger partial charge in [0, 0.05) is 6.20 Å². The van der Waals surface area contributed by atoms with Crippen LogP contribution in [0.2, 0.25) is 0 Å². The third-order valence-corrected chi connectivity index (χ3v) is 3.16. The largest absolute Gasteiger partial charge is 0.392 e. The van der Waals surface area contributed by atoms with Crippen molar-refractivity contribution in [2.45, 2.75) is 30.2 Å². The van der Waals surface area contributed by atoms with Gasteiger partial charge in [0.1, 0.15) is 12.2 Å². The number of carbonyl (C=O) groups is 1. The third-order valence-electron chi connectivity index (χ3n) is 3.16. The van der Waals surface area contributed by atoms with Crippen LogP contribution in [0.25, 0.3) is 0 Å². The van der Waals surface area contributed by atoms with Gasteiger partial charge in [-0.2, -0.15) is 0 Å². The first kappa shape index (κ1) is 13.8. The first-order chi connectivity index (χ1) is 8.95. The number of amides is 2. The van der Waals surface area contributed by atoms with E-state index in [1.807, 2.05) is 0 Å². The van der Waals surface area contributed by atoms with E-state index in [0.29, 0.717) is 0 Å². The number of hydrogen-bond acceptors (Lipinski definition) is 6. The van der Waals surface area contributed by atoms with Gasteiger partial charge in [-0.3, -0.25) is 4.90 Å². The Hall–Kier alpha value is -1.63. The summed E-state index contributed by atoms with van der Waals surface area (Å²) in [5.41, 5.74) is 3.74. The van der Waals surface area contributed by atoms with Gasteiger partial charge in [-0.15, -0.1) is 6.42 Å². The van der Waals surface area contributed by atoms with Crippen LogP contribution in [0.5, 0.6) is 0 Å². The molecule has 0 aromatic rings. The van der Waals surface area contributed by atoms with E-state index in [9.17, 15) is 20.1 Å². The lowest BCUT2D eigenvalue weighted by Gasteiger charge is -2.31. The summed E-state index contributed by atoms with van der Waals surface area (Å²) in [6.07, 6.45) is 3.21. The summed E-state index contributed by atoms with van der Waals surface area (Å²) < 4.78 is 5.30. The molecular formula is C11H15N3O5. The highest BCUT2D eigenvalue weighted by Gasteiger charge is 2.55.